The monoisotopic (exact) mass is 202 g/mol. The Hall–Kier alpha value is 0.140. The highest BCUT2D eigenvalue weighted by atomic mass is 32.2. The van der Waals surface area contributed by atoms with Crippen molar-refractivity contribution in [3.8, 4) is 0 Å². The van der Waals surface area contributed by atoms with Gasteiger partial charge < -0.3 is 17.5 Å². The van der Waals surface area contributed by atoms with Crippen molar-refractivity contribution in [3.05, 3.63) is 0 Å². The molecule has 0 radical (unpaired) electrons. The fourth-order valence-corrected chi connectivity index (χ4v) is 0.821. The molecule has 0 aliphatic rings. The topological polar surface area (TPSA) is 98.7 Å². The lowest BCUT2D eigenvalue weighted by atomic mass is 10.5. The minimum atomic E-state index is -2.54. The van der Waals surface area contributed by atoms with Crippen LogP contribution in [-0.4, -0.2) is 30.7 Å². The van der Waals surface area contributed by atoms with Crippen molar-refractivity contribution in [2.24, 2.45) is 0 Å². The maximum absolute atomic E-state index is 9.71. The fraction of sp³-hybridized carbons (Fsp3) is 1.00. The van der Waals surface area contributed by atoms with Crippen LogP contribution >= 0.6 is 0 Å². The molecule has 6 nitrogen and oxygen atoms in total. The van der Waals surface area contributed by atoms with Crippen LogP contribution in [0.15, 0.2) is 0 Å². The summed E-state index contributed by atoms with van der Waals surface area (Å²) >= 11 is -5.08. The van der Waals surface area contributed by atoms with Gasteiger partial charge in [0.25, 0.3) is 0 Å². The molecule has 2 atom stereocenters. The van der Waals surface area contributed by atoms with Crippen molar-refractivity contribution in [3.63, 3.8) is 0 Å². The first-order chi connectivity index (χ1) is 5.13. The molecule has 11 heavy (non-hydrogen) atoms. The van der Waals surface area contributed by atoms with Gasteiger partial charge in [0, 0.05) is 0 Å². The highest BCUT2D eigenvalue weighted by Gasteiger charge is 1.88. The molecular formula is C3H6O6S2-2. The first kappa shape index (κ1) is 11.1. The maximum Gasteiger partial charge on any atom is 0.0842 e. The van der Waals surface area contributed by atoms with Crippen LogP contribution in [0.5, 0.6) is 0 Å². The molecule has 0 fully saturated rings. The van der Waals surface area contributed by atoms with E-state index < -0.39 is 22.7 Å². The molecule has 0 heterocycles. The second-order valence-corrected chi connectivity index (χ2v) is 2.69. The van der Waals surface area contributed by atoms with Crippen LogP contribution in [0.25, 0.3) is 0 Å². The van der Waals surface area contributed by atoms with E-state index in [4.69, 9.17) is 0 Å². The molecule has 0 bridgehead atoms. The van der Waals surface area contributed by atoms with Crippen molar-refractivity contribution < 1.29 is 25.9 Å². The quantitative estimate of drug-likeness (QED) is 0.404. The molecule has 0 spiro atoms. The van der Waals surface area contributed by atoms with Gasteiger partial charge in [-0.25, -0.2) is 8.42 Å². The Morgan fingerprint density at radius 1 is 1.00 bits per heavy atom. The molecule has 0 saturated heterocycles. The average Bonchev–Trinajstić information content (AvgIpc) is 1.85. The predicted molar refractivity (Wildman–Crippen MR) is 34.4 cm³/mol. The van der Waals surface area contributed by atoms with E-state index in [2.05, 4.69) is 8.37 Å². The number of hydrogen-bond donors (Lipinski definition) is 0. The Labute approximate surface area is 68.9 Å². The second kappa shape index (κ2) is 6.83. The molecule has 0 aromatic heterocycles. The van der Waals surface area contributed by atoms with Gasteiger partial charge >= 0.3 is 0 Å². The third kappa shape index (κ3) is 10.1. The van der Waals surface area contributed by atoms with Gasteiger partial charge in [0.05, 0.1) is 35.9 Å². The van der Waals surface area contributed by atoms with Crippen LogP contribution in [0, 0.1) is 0 Å². The van der Waals surface area contributed by atoms with E-state index in [0.717, 1.165) is 0 Å². The number of rotatable bonds is 6. The molecule has 0 rings (SSSR count). The third-order valence-corrected chi connectivity index (χ3v) is 1.37. The minimum Gasteiger partial charge on any atom is -0.750 e. The minimum absolute atomic E-state index is 0.0761. The van der Waals surface area contributed by atoms with E-state index in [1.807, 2.05) is 0 Å². The number of hydrogen-bond acceptors (Lipinski definition) is 6. The van der Waals surface area contributed by atoms with E-state index in [1.165, 1.54) is 0 Å². The van der Waals surface area contributed by atoms with Crippen LogP contribution in [0.4, 0.5) is 0 Å². The average molecular weight is 202 g/mol. The normalized spacial score (nSPS) is 16.2. The Balaban J connectivity index is 3.03. The largest absolute Gasteiger partial charge is 0.750 e. The van der Waals surface area contributed by atoms with Crippen molar-refractivity contribution in [1.82, 2.24) is 0 Å². The van der Waals surface area contributed by atoms with Crippen molar-refractivity contribution >= 4 is 22.7 Å². The summed E-state index contributed by atoms with van der Waals surface area (Å²) in [5.74, 6) is 0. The second-order valence-electron chi connectivity index (χ2n) is 1.41. The zero-order valence-corrected chi connectivity index (χ0v) is 7.02. The first-order valence-electron chi connectivity index (χ1n) is 2.58. The molecule has 0 aliphatic heterocycles. The highest BCUT2D eigenvalue weighted by Crippen LogP contribution is 1.87. The smallest absolute Gasteiger partial charge is 0.0842 e. The lowest BCUT2D eigenvalue weighted by molar-refractivity contribution is 0.242. The molecule has 8 heteroatoms. The van der Waals surface area contributed by atoms with E-state index >= 15 is 0 Å². The molecule has 2 unspecified atom stereocenters. The molecule has 0 amide bonds. The zero-order chi connectivity index (χ0) is 8.69. The van der Waals surface area contributed by atoms with Gasteiger partial charge in [-0.05, 0) is 6.42 Å². The summed E-state index contributed by atoms with van der Waals surface area (Å²) in [4.78, 5) is 0. The summed E-state index contributed by atoms with van der Waals surface area (Å²) < 4.78 is 47.0. The standard InChI is InChI=1S/C3H8O6S2/c4-10(5)8-2-1-3-9-11(6)7/h1-3H2,(H,4,5)(H,6,7)/p-2. The molecule has 0 aromatic carbocycles. The van der Waals surface area contributed by atoms with Crippen LogP contribution in [0.3, 0.4) is 0 Å². The molecule has 0 saturated carbocycles. The molecule has 68 valence electrons. The van der Waals surface area contributed by atoms with Gasteiger partial charge in [-0.2, -0.15) is 0 Å². The van der Waals surface area contributed by atoms with Crippen molar-refractivity contribution in [2.45, 2.75) is 6.42 Å². The Morgan fingerprint density at radius 2 is 1.36 bits per heavy atom. The molecule has 0 N–H and O–H groups in total. The van der Waals surface area contributed by atoms with Gasteiger partial charge in [0.1, 0.15) is 0 Å². The molecular weight excluding hydrogens is 196 g/mol. The van der Waals surface area contributed by atoms with Gasteiger partial charge in [0.15, 0.2) is 0 Å². The Bertz CT molecular complexity index is 131. The lowest BCUT2D eigenvalue weighted by Crippen LogP contribution is -2.03. The molecule has 0 aromatic rings. The van der Waals surface area contributed by atoms with Crippen LogP contribution in [0.1, 0.15) is 6.42 Å². The Morgan fingerprint density at radius 3 is 1.64 bits per heavy atom. The fourth-order valence-electron chi connectivity index (χ4n) is 0.313. The van der Waals surface area contributed by atoms with Gasteiger partial charge in [0.2, 0.25) is 0 Å². The van der Waals surface area contributed by atoms with E-state index in [1.54, 1.807) is 0 Å². The summed E-state index contributed by atoms with van der Waals surface area (Å²) in [5.41, 5.74) is 0. The SMILES string of the molecule is O=S([O-])OCCCOS(=O)[O-]. The first-order valence-corrected chi connectivity index (χ1v) is 4.58. The van der Waals surface area contributed by atoms with Crippen molar-refractivity contribution in [2.75, 3.05) is 13.2 Å². The van der Waals surface area contributed by atoms with Gasteiger partial charge in [-0.15, -0.1) is 0 Å². The van der Waals surface area contributed by atoms with Crippen LogP contribution < -0.4 is 0 Å². The molecule has 0 aliphatic carbocycles. The lowest BCUT2D eigenvalue weighted by Gasteiger charge is -2.06. The third-order valence-electron chi connectivity index (χ3n) is 0.648. The van der Waals surface area contributed by atoms with E-state index in [9.17, 15) is 17.5 Å². The van der Waals surface area contributed by atoms with E-state index in [0.29, 0.717) is 0 Å². The Kier molecular flexibility index (Phi) is 6.91. The van der Waals surface area contributed by atoms with Crippen LogP contribution in [0.2, 0.25) is 0 Å². The maximum atomic E-state index is 9.71. The summed E-state index contributed by atoms with van der Waals surface area (Å²) in [7, 11) is 0. The summed E-state index contributed by atoms with van der Waals surface area (Å²) in [6.45, 7) is -0.152. The van der Waals surface area contributed by atoms with Gasteiger partial charge in [-0.3, -0.25) is 0 Å². The summed E-state index contributed by atoms with van der Waals surface area (Å²) in [6, 6.07) is 0. The van der Waals surface area contributed by atoms with Crippen LogP contribution in [-0.2, 0) is 31.1 Å². The van der Waals surface area contributed by atoms with E-state index in [-0.39, 0.29) is 19.6 Å². The summed E-state index contributed by atoms with van der Waals surface area (Å²) in [5, 5.41) is 0. The van der Waals surface area contributed by atoms with Gasteiger partial charge in [-0.1, -0.05) is 0 Å². The highest BCUT2D eigenvalue weighted by molar-refractivity contribution is 7.74. The zero-order valence-electron chi connectivity index (χ0n) is 5.39. The summed E-state index contributed by atoms with van der Waals surface area (Å²) in [6.07, 6.45) is 0.210. The predicted octanol–water partition coefficient (Wildman–Crippen LogP) is -1.00. The van der Waals surface area contributed by atoms with Crippen molar-refractivity contribution in [1.29, 1.82) is 0 Å².